The molecule has 2 atom stereocenters. The number of ether oxygens (including phenoxy) is 1. The summed E-state index contributed by atoms with van der Waals surface area (Å²) < 4.78 is 5.16. The van der Waals surface area contributed by atoms with Gasteiger partial charge in [-0.1, -0.05) is 0 Å². The number of benzene rings is 1. The van der Waals surface area contributed by atoms with E-state index in [1.807, 2.05) is 12.1 Å². The van der Waals surface area contributed by atoms with E-state index >= 15 is 0 Å². The standard InChI is InChI=1S/C14H17NO2/c1-17-13-6-4-11(5-7-13)15-9-10-2-3-12(15)8-14(10)16/h4-7,10,12H,2-3,8-9H2,1H3. The van der Waals surface area contributed by atoms with E-state index < -0.39 is 0 Å². The molecule has 2 bridgehead atoms. The zero-order chi connectivity index (χ0) is 11.8. The highest BCUT2D eigenvalue weighted by atomic mass is 16.5. The third kappa shape index (κ3) is 1.79. The molecule has 1 saturated carbocycles. The minimum atomic E-state index is 0.266. The summed E-state index contributed by atoms with van der Waals surface area (Å²) >= 11 is 0. The lowest BCUT2D eigenvalue weighted by Crippen LogP contribution is -2.52. The van der Waals surface area contributed by atoms with Crippen LogP contribution in [0.25, 0.3) is 0 Å². The van der Waals surface area contributed by atoms with Crippen molar-refractivity contribution in [2.75, 3.05) is 18.6 Å². The number of carbonyl (C=O) groups is 1. The number of Topliss-reactive ketones (excluding diaryl/α,β-unsaturated/α-hetero) is 1. The minimum Gasteiger partial charge on any atom is -0.497 e. The van der Waals surface area contributed by atoms with Crippen molar-refractivity contribution in [2.45, 2.75) is 25.3 Å². The van der Waals surface area contributed by atoms with Crippen LogP contribution >= 0.6 is 0 Å². The molecule has 3 heteroatoms. The average Bonchev–Trinajstić information content (AvgIpc) is 2.39. The van der Waals surface area contributed by atoms with E-state index in [-0.39, 0.29) is 5.92 Å². The Morgan fingerprint density at radius 1 is 1.24 bits per heavy atom. The van der Waals surface area contributed by atoms with Crippen LogP contribution < -0.4 is 9.64 Å². The predicted molar refractivity (Wildman–Crippen MR) is 66.5 cm³/mol. The number of hydrogen-bond acceptors (Lipinski definition) is 3. The van der Waals surface area contributed by atoms with E-state index in [1.165, 1.54) is 5.69 Å². The molecule has 4 rings (SSSR count). The Kier molecular flexibility index (Phi) is 2.54. The van der Waals surface area contributed by atoms with E-state index in [9.17, 15) is 4.79 Å². The van der Waals surface area contributed by atoms with Gasteiger partial charge in [-0.2, -0.15) is 0 Å². The molecule has 2 saturated heterocycles. The fourth-order valence-electron chi connectivity index (χ4n) is 2.99. The second-order valence-corrected chi connectivity index (χ2v) is 4.95. The zero-order valence-electron chi connectivity index (χ0n) is 10.1. The molecule has 0 radical (unpaired) electrons. The SMILES string of the molecule is COc1ccc(N2CC3CCC2CC3=O)cc1. The molecule has 2 aliphatic heterocycles. The number of rotatable bonds is 2. The maximum atomic E-state index is 11.7. The fraction of sp³-hybridized carbons (Fsp3) is 0.500. The molecule has 3 aliphatic rings. The lowest BCUT2D eigenvalue weighted by atomic mass is 9.78. The lowest BCUT2D eigenvalue weighted by Gasteiger charge is -2.45. The molecule has 17 heavy (non-hydrogen) atoms. The van der Waals surface area contributed by atoms with Crippen LogP contribution in [0.4, 0.5) is 5.69 Å². The van der Waals surface area contributed by atoms with Gasteiger partial charge in [0.25, 0.3) is 0 Å². The van der Waals surface area contributed by atoms with Crippen molar-refractivity contribution in [1.82, 2.24) is 0 Å². The maximum absolute atomic E-state index is 11.7. The number of ketones is 1. The molecule has 3 fully saturated rings. The number of methoxy groups -OCH3 is 1. The molecule has 2 unspecified atom stereocenters. The van der Waals surface area contributed by atoms with Crippen LogP contribution in [-0.4, -0.2) is 25.5 Å². The summed E-state index contributed by atoms with van der Waals surface area (Å²) in [6.07, 6.45) is 2.97. The summed E-state index contributed by atoms with van der Waals surface area (Å²) in [6.45, 7) is 0.899. The van der Waals surface area contributed by atoms with E-state index in [1.54, 1.807) is 7.11 Å². The zero-order valence-corrected chi connectivity index (χ0v) is 10.1. The summed E-state index contributed by atoms with van der Waals surface area (Å²) in [5, 5.41) is 0. The second-order valence-electron chi connectivity index (χ2n) is 4.95. The molecule has 1 aromatic carbocycles. The Morgan fingerprint density at radius 3 is 2.53 bits per heavy atom. The first-order valence-electron chi connectivity index (χ1n) is 6.21. The molecule has 1 aromatic rings. The molecule has 0 N–H and O–H groups in total. The molecule has 90 valence electrons. The lowest BCUT2D eigenvalue weighted by molar-refractivity contribution is -0.126. The first kappa shape index (κ1) is 10.6. The third-order valence-electron chi connectivity index (χ3n) is 4.00. The van der Waals surface area contributed by atoms with Crippen LogP contribution in [0.5, 0.6) is 5.75 Å². The first-order chi connectivity index (χ1) is 8.28. The molecule has 0 spiro atoms. The molecular weight excluding hydrogens is 214 g/mol. The number of piperidine rings is 2. The largest absolute Gasteiger partial charge is 0.497 e. The monoisotopic (exact) mass is 231 g/mol. The van der Waals surface area contributed by atoms with Crippen LogP contribution in [0.3, 0.4) is 0 Å². The van der Waals surface area contributed by atoms with E-state index in [0.29, 0.717) is 11.8 Å². The second kappa shape index (κ2) is 4.06. The smallest absolute Gasteiger partial charge is 0.139 e. The van der Waals surface area contributed by atoms with Gasteiger partial charge >= 0.3 is 0 Å². The van der Waals surface area contributed by atoms with Crippen molar-refractivity contribution >= 4 is 11.5 Å². The van der Waals surface area contributed by atoms with Gasteiger partial charge in [0, 0.05) is 30.6 Å². The Hall–Kier alpha value is -1.51. The molecule has 3 nitrogen and oxygen atoms in total. The Balaban J connectivity index is 1.82. The minimum absolute atomic E-state index is 0.266. The normalized spacial score (nSPS) is 27.4. The number of nitrogens with zero attached hydrogens (tertiary/aromatic N) is 1. The molecule has 0 aromatic heterocycles. The van der Waals surface area contributed by atoms with Gasteiger partial charge in [-0.15, -0.1) is 0 Å². The third-order valence-corrected chi connectivity index (χ3v) is 4.00. The van der Waals surface area contributed by atoms with Crippen LogP contribution in [0.1, 0.15) is 19.3 Å². The van der Waals surface area contributed by atoms with Gasteiger partial charge in [0.2, 0.25) is 0 Å². The summed E-state index contributed by atoms with van der Waals surface area (Å²) in [6, 6.07) is 8.56. The summed E-state index contributed by atoms with van der Waals surface area (Å²) in [4.78, 5) is 14.1. The summed E-state index contributed by atoms with van der Waals surface area (Å²) in [5.74, 6) is 1.61. The predicted octanol–water partition coefficient (Wildman–Crippen LogP) is 2.25. The van der Waals surface area contributed by atoms with Gasteiger partial charge in [0.15, 0.2) is 0 Å². The number of carbonyl (C=O) groups excluding carboxylic acids is 1. The van der Waals surface area contributed by atoms with Gasteiger partial charge in [0.1, 0.15) is 11.5 Å². The van der Waals surface area contributed by atoms with Crippen LogP contribution in [0, 0.1) is 5.92 Å². The van der Waals surface area contributed by atoms with Gasteiger partial charge in [0.05, 0.1) is 7.11 Å². The van der Waals surface area contributed by atoms with Gasteiger partial charge in [-0.05, 0) is 37.1 Å². The Morgan fingerprint density at radius 2 is 2.00 bits per heavy atom. The maximum Gasteiger partial charge on any atom is 0.139 e. The fourth-order valence-corrected chi connectivity index (χ4v) is 2.99. The Labute approximate surface area is 101 Å². The van der Waals surface area contributed by atoms with E-state index in [0.717, 1.165) is 31.6 Å². The molecule has 1 aliphatic carbocycles. The average molecular weight is 231 g/mol. The molecule has 2 heterocycles. The number of fused-ring (bicyclic) bond motifs is 3. The molecular formula is C14H17NO2. The van der Waals surface area contributed by atoms with Crippen molar-refractivity contribution < 1.29 is 9.53 Å². The first-order valence-corrected chi connectivity index (χ1v) is 6.21. The van der Waals surface area contributed by atoms with Crippen molar-refractivity contribution in [3.8, 4) is 5.75 Å². The highest BCUT2D eigenvalue weighted by Gasteiger charge is 2.39. The van der Waals surface area contributed by atoms with Crippen molar-refractivity contribution in [3.05, 3.63) is 24.3 Å². The van der Waals surface area contributed by atoms with Gasteiger partial charge < -0.3 is 9.64 Å². The highest BCUT2D eigenvalue weighted by molar-refractivity contribution is 5.85. The van der Waals surface area contributed by atoms with Crippen molar-refractivity contribution in [3.63, 3.8) is 0 Å². The number of hydrogen-bond donors (Lipinski definition) is 0. The summed E-state index contributed by atoms with van der Waals surface area (Å²) in [5.41, 5.74) is 1.22. The van der Waals surface area contributed by atoms with Crippen LogP contribution in [0.15, 0.2) is 24.3 Å². The molecule has 0 amide bonds. The quantitative estimate of drug-likeness (QED) is 0.782. The topological polar surface area (TPSA) is 29.5 Å². The Bertz CT molecular complexity index is 426. The van der Waals surface area contributed by atoms with E-state index in [4.69, 9.17) is 4.74 Å². The van der Waals surface area contributed by atoms with Crippen molar-refractivity contribution in [1.29, 1.82) is 0 Å². The van der Waals surface area contributed by atoms with Crippen LogP contribution in [0.2, 0.25) is 0 Å². The highest BCUT2D eigenvalue weighted by Crippen LogP contribution is 2.36. The van der Waals surface area contributed by atoms with Gasteiger partial charge in [-0.3, -0.25) is 4.79 Å². The number of anilines is 1. The van der Waals surface area contributed by atoms with E-state index in [2.05, 4.69) is 17.0 Å². The van der Waals surface area contributed by atoms with Crippen LogP contribution in [-0.2, 0) is 4.79 Å². The summed E-state index contributed by atoms with van der Waals surface area (Å²) in [7, 11) is 1.68. The van der Waals surface area contributed by atoms with Crippen molar-refractivity contribution in [2.24, 2.45) is 5.92 Å². The van der Waals surface area contributed by atoms with Gasteiger partial charge in [-0.25, -0.2) is 0 Å².